The molecule has 110 valence electrons. The number of anilines is 1. The van der Waals surface area contributed by atoms with Crippen LogP contribution in [0.3, 0.4) is 0 Å². The number of piperidine rings is 1. The van der Waals surface area contributed by atoms with E-state index in [1.165, 1.54) is 50.9 Å². The standard InChI is InChI=1S/C16H24BrN3/c1-13-10-15(17)16(18-11-13)20-8-4-14(5-9-20)12-19-6-2-3-7-19/h10-11,14H,2-9,12H2,1H3. The van der Waals surface area contributed by atoms with Crippen molar-refractivity contribution in [3.8, 4) is 0 Å². The van der Waals surface area contributed by atoms with Gasteiger partial charge in [0.25, 0.3) is 0 Å². The molecule has 1 aromatic rings. The molecule has 20 heavy (non-hydrogen) atoms. The molecule has 0 unspecified atom stereocenters. The van der Waals surface area contributed by atoms with E-state index in [1.807, 2.05) is 6.20 Å². The quantitative estimate of drug-likeness (QED) is 0.841. The van der Waals surface area contributed by atoms with Gasteiger partial charge in [-0.25, -0.2) is 4.98 Å². The van der Waals surface area contributed by atoms with Crippen molar-refractivity contribution in [2.45, 2.75) is 32.6 Å². The Morgan fingerprint density at radius 1 is 1.20 bits per heavy atom. The van der Waals surface area contributed by atoms with Crippen LogP contribution in [0.25, 0.3) is 0 Å². The van der Waals surface area contributed by atoms with Crippen molar-refractivity contribution in [3.63, 3.8) is 0 Å². The lowest BCUT2D eigenvalue weighted by Crippen LogP contribution is -2.38. The Morgan fingerprint density at radius 2 is 1.90 bits per heavy atom. The van der Waals surface area contributed by atoms with E-state index in [4.69, 9.17) is 0 Å². The summed E-state index contributed by atoms with van der Waals surface area (Å²) < 4.78 is 1.13. The largest absolute Gasteiger partial charge is 0.356 e. The average Bonchev–Trinajstić information content (AvgIpc) is 2.93. The predicted molar refractivity (Wildman–Crippen MR) is 87.3 cm³/mol. The van der Waals surface area contributed by atoms with Gasteiger partial charge in [-0.1, -0.05) is 0 Å². The third-order valence-corrected chi connectivity index (χ3v) is 5.17. The minimum absolute atomic E-state index is 0.883. The summed E-state index contributed by atoms with van der Waals surface area (Å²) in [4.78, 5) is 9.69. The summed E-state index contributed by atoms with van der Waals surface area (Å²) >= 11 is 3.66. The van der Waals surface area contributed by atoms with Crippen molar-refractivity contribution < 1.29 is 0 Å². The van der Waals surface area contributed by atoms with Crippen LogP contribution in [-0.4, -0.2) is 42.6 Å². The van der Waals surface area contributed by atoms with E-state index in [2.05, 4.69) is 43.7 Å². The maximum absolute atomic E-state index is 4.60. The second-order valence-corrected chi connectivity index (χ2v) is 7.11. The Morgan fingerprint density at radius 3 is 2.55 bits per heavy atom. The van der Waals surface area contributed by atoms with E-state index >= 15 is 0 Å². The molecule has 0 amide bonds. The smallest absolute Gasteiger partial charge is 0.142 e. The molecule has 0 bridgehead atoms. The first-order valence-electron chi connectivity index (χ1n) is 7.82. The molecular weight excluding hydrogens is 314 g/mol. The third kappa shape index (κ3) is 3.34. The number of aromatic nitrogens is 1. The van der Waals surface area contributed by atoms with E-state index < -0.39 is 0 Å². The van der Waals surface area contributed by atoms with Crippen LogP contribution in [0.2, 0.25) is 0 Å². The van der Waals surface area contributed by atoms with E-state index in [0.717, 1.165) is 29.3 Å². The van der Waals surface area contributed by atoms with Crippen LogP contribution < -0.4 is 4.90 Å². The van der Waals surface area contributed by atoms with Crippen molar-refractivity contribution in [1.82, 2.24) is 9.88 Å². The van der Waals surface area contributed by atoms with Gasteiger partial charge in [-0.15, -0.1) is 0 Å². The molecule has 3 rings (SSSR count). The number of nitrogens with zero attached hydrogens (tertiary/aromatic N) is 3. The SMILES string of the molecule is Cc1cnc(N2CCC(CN3CCCC3)CC2)c(Br)c1. The predicted octanol–water partition coefficient (Wildman–Crippen LogP) is 3.46. The van der Waals surface area contributed by atoms with Crippen LogP contribution in [0.5, 0.6) is 0 Å². The lowest BCUT2D eigenvalue weighted by molar-refractivity contribution is 0.249. The Kier molecular flexibility index (Phi) is 4.61. The van der Waals surface area contributed by atoms with Crippen molar-refractivity contribution >= 4 is 21.7 Å². The zero-order valence-electron chi connectivity index (χ0n) is 12.3. The zero-order chi connectivity index (χ0) is 13.9. The molecular formula is C16H24BrN3. The van der Waals surface area contributed by atoms with Gasteiger partial charge in [0.1, 0.15) is 5.82 Å². The van der Waals surface area contributed by atoms with Gasteiger partial charge >= 0.3 is 0 Å². The van der Waals surface area contributed by atoms with Gasteiger partial charge in [0.15, 0.2) is 0 Å². The molecule has 0 N–H and O–H groups in total. The van der Waals surface area contributed by atoms with Gasteiger partial charge in [0, 0.05) is 25.8 Å². The molecule has 2 saturated heterocycles. The van der Waals surface area contributed by atoms with Crippen molar-refractivity contribution in [3.05, 3.63) is 22.3 Å². The van der Waals surface area contributed by atoms with Gasteiger partial charge in [-0.05, 0) is 79.2 Å². The second-order valence-electron chi connectivity index (χ2n) is 6.26. The van der Waals surface area contributed by atoms with E-state index in [9.17, 15) is 0 Å². The van der Waals surface area contributed by atoms with Crippen LogP contribution in [-0.2, 0) is 0 Å². The maximum Gasteiger partial charge on any atom is 0.142 e. The Balaban J connectivity index is 1.55. The third-order valence-electron chi connectivity index (χ3n) is 4.59. The fourth-order valence-corrected chi connectivity index (χ4v) is 4.13. The molecule has 0 aliphatic carbocycles. The van der Waals surface area contributed by atoms with Crippen LogP contribution in [0.4, 0.5) is 5.82 Å². The minimum atomic E-state index is 0.883. The first kappa shape index (κ1) is 14.3. The molecule has 0 radical (unpaired) electrons. The highest BCUT2D eigenvalue weighted by Crippen LogP contribution is 2.29. The van der Waals surface area contributed by atoms with Crippen molar-refractivity contribution in [1.29, 1.82) is 0 Å². The lowest BCUT2D eigenvalue weighted by atomic mass is 9.96. The summed E-state index contributed by atoms with van der Waals surface area (Å²) in [6.07, 6.45) is 7.38. The second kappa shape index (κ2) is 6.44. The summed E-state index contributed by atoms with van der Waals surface area (Å²) in [5, 5.41) is 0. The molecule has 3 heterocycles. The van der Waals surface area contributed by atoms with E-state index in [-0.39, 0.29) is 0 Å². The van der Waals surface area contributed by atoms with E-state index in [0.29, 0.717) is 0 Å². The summed E-state index contributed by atoms with van der Waals surface area (Å²) in [6, 6.07) is 2.17. The highest BCUT2D eigenvalue weighted by molar-refractivity contribution is 9.10. The van der Waals surface area contributed by atoms with Gasteiger partial charge in [0.2, 0.25) is 0 Å². The molecule has 3 nitrogen and oxygen atoms in total. The van der Waals surface area contributed by atoms with Gasteiger partial charge in [0.05, 0.1) is 4.47 Å². The van der Waals surface area contributed by atoms with Crippen LogP contribution in [0.15, 0.2) is 16.7 Å². The fraction of sp³-hybridized carbons (Fsp3) is 0.688. The van der Waals surface area contributed by atoms with Crippen molar-refractivity contribution in [2.24, 2.45) is 5.92 Å². The van der Waals surface area contributed by atoms with Crippen molar-refractivity contribution in [2.75, 3.05) is 37.6 Å². The Hall–Kier alpha value is -0.610. The highest BCUT2D eigenvalue weighted by Gasteiger charge is 2.24. The number of hydrogen-bond acceptors (Lipinski definition) is 3. The van der Waals surface area contributed by atoms with Gasteiger partial charge in [-0.2, -0.15) is 0 Å². The number of pyridine rings is 1. The van der Waals surface area contributed by atoms with E-state index in [1.54, 1.807) is 0 Å². The molecule has 0 aromatic carbocycles. The Bertz CT molecular complexity index is 449. The molecule has 2 fully saturated rings. The monoisotopic (exact) mass is 337 g/mol. The van der Waals surface area contributed by atoms with Gasteiger partial charge in [-0.3, -0.25) is 0 Å². The zero-order valence-corrected chi connectivity index (χ0v) is 13.9. The van der Waals surface area contributed by atoms with Crippen LogP contribution in [0.1, 0.15) is 31.2 Å². The summed E-state index contributed by atoms with van der Waals surface area (Å²) in [5.74, 6) is 2.00. The summed E-state index contributed by atoms with van der Waals surface area (Å²) in [6.45, 7) is 8.34. The minimum Gasteiger partial charge on any atom is -0.356 e. The molecule has 0 saturated carbocycles. The molecule has 0 atom stereocenters. The molecule has 4 heteroatoms. The molecule has 1 aromatic heterocycles. The maximum atomic E-state index is 4.60. The number of halogens is 1. The number of likely N-dealkylation sites (tertiary alicyclic amines) is 1. The number of hydrogen-bond donors (Lipinski definition) is 0. The highest BCUT2D eigenvalue weighted by atomic mass is 79.9. The lowest BCUT2D eigenvalue weighted by Gasteiger charge is -2.35. The number of rotatable bonds is 3. The topological polar surface area (TPSA) is 19.4 Å². The average molecular weight is 338 g/mol. The van der Waals surface area contributed by atoms with Crippen LogP contribution >= 0.6 is 15.9 Å². The number of aryl methyl sites for hydroxylation is 1. The molecule has 2 aliphatic rings. The van der Waals surface area contributed by atoms with Crippen LogP contribution in [0, 0.1) is 12.8 Å². The Labute approximate surface area is 130 Å². The first-order chi connectivity index (χ1) is 9.72. The first-order valence-corrected chi connectivity index (χ1v) is 8.61. The molecule has 0 spiro atoms. The normalized spacial score (nSPS) is 21.6. The summed E-state index contributed by atoms with van der Waals surface area (Å²) in [7, 11) is 0. The summed E-state index contributed by atoms with van der Waals surface area (Å²) in [5.41, 5.74) is 1.21. The molecule has 2 aliphatic heterocycles. The van der Waals surface area contributed by atoms with Gasteiger partial charge < -0.3 is 9.80 Å². The fourth-order valence-electron chi connectivity index (χ4n) is 3.42.